The minimum absolute atomic E-state index is 0.0560. The van der Waals surface area contributed by atoms with Gasteiger partial charge in [0.2, 0.25) is 5.79 Å². The maximum absolute atomic E-state index is 12.9. The molecule has 0 fully saturated rings. The van der Waals surface area contributed by atoms with Gasteiger partial charge in [0.1, 0.15) is 11.7 Å². The Bertz CT molecular complexity index is 1180. The van der Waals surface area contributed by atoms with Crippen LogP contribution in [-0.4, -0.2) is 62.4 Å². The largest absolute Gasteiger partial charge is 0.466 e. The molecule has 1 aliphatic carbocycles. The number of nitrogens with zero attached hydrogens (tertiary/aromatic N) is 2. The number of imidazole rings is 1. The average molecular weight is 513 g/mol. The molecule has 7 atom stereocenters. The van der Waals surface area contributed by atoms with E-state index < -0.39 is 35.5 Å². The third kappa shape index (κ3) is 5.21. The van der Waals surface area contributed by atoms with Gasteiger partial charge in [-0.15, -0.1) is 0 Å². The van der Waals surface area contributed by atoms with Crippen molar-refractivity contribution in [3.8, 4) is 0 Å². The number of esters is 2. The predicted octanol–water partition coefficient (Wildman–Crippen LogP) is 2.71. The Morgan fingerprint density at radius 2 is 2.03 bits per heavy atom. The van der Waals surface area contributed by atoms with Crippen LogP contribution in [0.1, 0.15) is 39.8 Å². The Balaban J connectivity index is 1.76. The monoisotopic (exact) mass is 512 g/mol. The molecule has 9 nitrogen and oxygen atoms in total. The van der Waals surface area contributed by atoms with Gasteiger partial charge in [-0.1, -0.05) is 31.6 Å². The van der Waals surface area contributed by atoms with E-state index in [2.05, 4.69) is 4.98 Å². The molecule has 2 bridgehead atoms. The van der Waals surface area contributed by atoms with Crippen molar-refractivity contribution in [2.45, 2.75) is 57.7 Å². The molecule has 0 unspecified atom stereocenters. The van der Waals surface area contributed by atoms with Crippen LogP contribution in [0, 0.1) is 23.7 Å². The van der Waals surface area contributed by atoms with E-state index in [1.807, 2.05) is 33.9 Å². The number of hydrogen-bond donors (Lipinski definition) is 2. The maximum Gasteiger partial charge on any atom is 0.339 e. The number of aliphatic hydroxyl groups excluding tert-OH is 1. The van der Waals surface area contributed by atoms with Gasteiger partial charge in [0, 0.05) is 19.3 Å². The quantitative estimate of drug-likeness (QED) is 0.351. The number of rotatable bonds is 5. The molecule has 0 saturated heterocycles. The Labute approximate surface area is 217 Å². The van der Waals surface area contributed by atoms with Crippen molar-refractivity contribution in [3.63, 3.8) is 0 Å². The normalized spacial score (nSPS) is 36.7. The zero-order valence-electron chi connectivity index (χ0n) is 22.1. The highest BCUT2D eigenvalue weighted by atomic mass is 16.7. The van der Waals surface area contributed by atoms with Gasteiger partial charge in [-0.2, -0.15) is 0 Å². The molecule has 37 heavy (non-hydrogen) atoms. The number of aryl methyl sites for hydroxylation is 1. The van der Waals surface area contributed by atoms with Crippen molar-refractivity contribution in [3.05, 3.63) is 59.7 Å². The number of aliphatic hydroxyl groups is 2. The van der Waals surface area contributed by atoms with Crippen LogP contribution in [0.15, 0.2) is 54.1 Å². The second kappa shape index (κ2) is 10.0. The number of ether oxygens (including phenoxy) is 3. The van der Waals surface area contributed by atoms with Crippen LogP contribution in [0.3, 0.4) is 0 Å². The molecule has 1 aromatic heterocycles. The number of carbonyl (C=O) groups excluding carboxylic acids is 2. The van der Waals surface area contributed by atoms with Gasteiger partial charge < -0.3 is 29.0 Å². The van der Waals surface area contributed by atoms with Gasteiger partial charge >= 0.3 is 11.9 Å². The zero-order chi connectivity index (χ0) is 27.1. The first-order chi connectivity index (χ1) is 17.4. The molecule has 0 radical (unpaired) electrons. The number of allylic oxidation sites excluding steroid dienone is 2. The van der Waals surface area contributed by atoms with Gasteiger partial charge in [-0.25, -0.2) is 14.6 Å². The Morgan fingerprint density at radius 3 is 2.65 bits per heavy atom. The molecule has 0 spiro atoms. The molecule has 2 aliphatic heterocycles. The van der Waals surface area contributed by atoms with Crippen LogP contribution in [0.5, 0.6) is 0 Å². The molecule has 3 aliphatic rings. The van der Waals surface area contributed by atoms with Crippen molar-refractivity contribution in [2.24, 2.45) is 30.7 Å². The summed E-state index contributed by atoms with van der Waals surface area (Å²) in [6.07, 6.45) is 11.6. The van der Waals surface area contributed by atoms with E-state index in [1.54, 1.807) is 42.2 Å². The molecule has 2 N–H and O–H groups in total. The topological polar surface area (TPSA) is 120 Å². The molecule has 0 amide bonds. The summed E-state index contributed by atoms with van der Waals surface area (Å²) in [5.41, 5.74) is 0.240. The smallest absolute Gasteiger partial charge is 0.339 e. The fourth-order valence-electron chi connectivity index (χ4n) is 5.83. The lowest BCUT2D eigenvalue weighted by molar-refractivity contribution is -0.216. The lowest BCUT2D eigenvalue weighted by Crippen LogP contribution is -2.47. The number of hydrogen-bond acceptors (Lipinski definition) is 8. The molecule has 3 heterocycles. The first-order valence-corrected chi connectivity index (χ1v) is 12.5. The summed E-state index contributed by atoms with van der Waals surface area (Å²) in [6.45, 7) is 7.66. The number of methoxy groups -OCH3 is 1. The van der Waals surface area contributed by atoms with Crippen molar-refractivity contribution in [2.75, 3.05) is 7.11 Å². The average Bonchev–Trinajstić information content (AvgIpc) is 3.39. The highest BCUT2D eigenvalue weighted by Crippen LogP contribution is 2.49. The molecule has 9 heteroatoms. The van der Waals surface area contributed by atoms with E-state index >= 15 is 0 Å². The summed E-state index contributed by atoms with van der Waals surface area (Å²) in [5, 5.41) is 22.5. The first kappa shape index (κ1) is 27.0. The molecule has 200 valence electrons. The maximum atomic E-state index is 12.9. The van der Waals surface area contributed by atoms with Gasteiger partial charge in [0.25, 0.3) is 0 Å². The minimum atomic E-state index is -2.08. The number of aromatic nitrogens is 2. The highest BCUT2D eigenvalue weighted by molar-refractivity contribution is 5.91. The van der Waals surface area contributed by atoms with Crippen LogP contribution >= 0.6 is 0 Å². The minimum Gasteiger partial charge on any atom is -0.466 e. The summed E-state index contributed by atoms with van der Waals surface area (Å²) < 4.78 is 18.8. The fraction of sp³-hybridized carbons (Fsp3) is 0.536. The van der Waals surface area contributed by atoms with E-state index in [4.69, 9.17) is 14.2 Å². The third-order valence-corrected chi connectivity index (χ3v) is 7.74. The van der Waals surface area contributed by atoms with E-state index in [9.17, 15) is 19.8 Å². The van der Waals surface area contributed by atoms with Crippen LogP contribution in [0.4, 0.5) is 0 Å². The molecule has 0 saturated carbocycles. The number of carbonyl (C=O) groups is 2. The summed E-state index contributed by atoms with van der Waals surface area (Å²) in [7, 11) is 3.08. The summed E-state index contributed by atoms with van der Waals surface area (Å²) >= 11 is 0. The van der Waals surface area contributed by atoms with Crippen molar-refractivity contribution in [1.29, 1.82) is 0 Å². The fourth-order valence-corrected chi connectivity index (χ4v) is 5.83. The summed E-state index contributed by atoms with van der Waals surface area (Å²) in [6, 6.07) is 0. The lowest BCUT2D eigenvalue weighted by Gasteiger charge is -2.43. The molecular formula is C28H36N2O7. The third-order valence-electron chi connectivity index (χ3n) is 7.74. The summed E-state index contributed by atoms with van der Waals surface area (Å²) in [4.78, 5) is 30.0. The lowest BCUT2D eigenvalue weighted by atomic mass is 9.64. The van der Waals surface area contributed by atoms with Crippen LogP contribution in [0.25, 0.3) is 6.08 Å². The van der Waals surface area contributed by atoms with Crippen molar-refractivity contribution >= 4 is 18.0 Å². The highest BCUT2D eigenvalue weighted by Gasteiger charge is 2.54. The van der Waals surface area contributed by atoms with Gasteiger partial charge in [-0.05, 0) is 62.2 Å². The SMILES string of the molecule is COC(=O)/C1=C/[C@H]2[C@@H](C(C)C)[C@H](O)C=C(C)[C@@H]2C[C@H](OC(=O)/C=C/c2cn(C)cn2)[C@]2(C)C=C[C@@]1(O)O2. The first-order valence-electron chi connectivity index (χ1n) is 12.5. The van der Waals surface area contributed by atoms with Gasteiger partial charge in [-0.3, -0.25) is 0 Å². The van der Waals surface area contributed by atoms with Crippen LogP contribution in [0.2, 0.25) is 0 Å². The number of fused-ring (bicyclic) bond motifs is 3. The Hall–Kier alpha value is -3.01. The summed E-state index contributed by atoms with van der Waals surface area (Å²) in [5.74, 6) is -4.11. The molecule has 0 aromatic carbocycles. The standard InChI is InChI=1S/C28H36N2O7/c1-16(2)25-20-12-21(26(33)35-6)28(34)10-9-27(4,37-28)23(13-19(20)17(3)11-22(25)31)36-24(32)8-7-18-14-30(5)15-29-18/h7-12,14-16,19-20,22-23,25,31,34H,13H2,1-6H3/b8-7+,21-12-/t19-,20+,22+,23-,25+,27-,28+/m0/s1. The molecule has 1 aromatic rings. The second-order valence-corrected chi connectivity index (χ2v) is 10.8. The van der Waals surface area contributed by atoms with E-state index in [-0.39, 0.29) is 29.2 Å². The zero-order valence-corrected chi connectivity index (χ0v) is 22.1. The second-order valence-electron chi connectivity index (χ2n) is 10.8. The van der Waals surface area contributed by atoms with E-state index in [0.29, 0.717) is 12.1 Å². The molecular weight excluding hydrogens is 476 g/mol. The van der Waals surface area contributed by atoms with Gasteiger partial charge in [0.05, 0.1) is 30.8 Å². The van der Waals surface area contributed by atoms with Gasteiger partial charge in [0.15, 0.2) is 0 Å². The predicted molar refractivity (Wildman–Crippen MR) is 135 cm³/mol. The van der Waals surface area contributed by atoms with Crippen molar-refractivity contribution < 1.29 is 34.0 Å². The Morgan fingerprint density at radius 1 is 1.30 bits per heavy atom. The van der Waals surface area contributed by atoms with Crippen LogP contribution < -0.4 is 0 Å². The molecule has 4 rings (SSSR count). The van der Waals surface area contributed by atoms with E-state index in [0.717, 1.165) is 5.57 Å². The van der Waals surface area contributed by atoms with E-state index in [1.165, 1.54) is 19.3 Å². The Kier molecular flexibility index (Phi) is 7.34. The van der Waals surface area contributed by atoms with Crippen molar-refractivity contribution in [1.82, 2.24) is 9.55 Å². The van der Waals surface area contributed by atoms with Crippen LogP contribution in [-0.2, 0) is 30.8 Å².